The van der Waals surface area contributed by atoms with Gasteiger partial charge in [0.1, 0.15) is 6.61 Å². The van der Waals surface area contributed by atoms with Gasteiger partial charge in [-0.25, -0.2) is 0 Å². The number of likely N-dealkylation sites (tertiary alicyclic amines) is 1. The van der Waals surface area contributed by atoms with Crippen LogP contribution in [-0.4, -0.2) is 29.9 Å². The number of hydrogen-bond acceptors (Lipinski definition) is 4. The van der Waals surface area contributed by atoms with Gasteiger partial charge in [0.15, 0.2) is 0 Å². The van der Waals surface area contributed by atoms with Crippen molar-refractivity contribution < 1.29 is 14.3 Å². The van der Waals surface area contributed by atoms with Crippen LogP contribution < -0.4 is 0 Å². The molecular weight excluding hydrogens is 292 g/mol. The van der Waals surface area contributed by atoms with Crippen LogP contribution in [0.3, 0.4) is 0 Å². The van der Waals surface area contributed by atoms with Gasteiger partial charge in [-0.15, -0.1) is 0 Å². The van der Waals surface area contributed by atoms with E-state index >= 15 is 0 Å². The summed E-state index contributed by atoms with van der Waals surface area (Å²) < 4.78 is 5.37. The van der Waals surface area contributed by atoms with Crippen LogP contribution in [0, 0.1) is 23.2 Å². The van der Waals surface area contributed by atoms with E-state index in [9.17, 15) is 9.59 Å². The lowest BCUT2D eigenvalue weighted by atomic mass is 9.97. The highest BCUT2D eigenvalue weighted by Gasteiger charge is 2.30. The number of ether oxygens (including phenoxy) is 1. The van der Waals surface area contributed by atoms with Crippen molar-refractivity contribution >= 4 is 11.9 Å². The molecule has 1 aliphatic heterocycles. The molecule has 1 aromatic carbocycles. The Hall–Kier alpha value is -2.35. The predicted octanol–water partition coefficient (Wildman–Crippen LogP) is 2.50. The van der Waals surface area contributed by atoms with Crippen molar-refractivity contribution in [1.82, 2.24) is 4.90 Å². The molecule has 1 fully saturated rings. The van der Waals surface area contributed by atoms with E-state index in [-0.39, 0.29) is 30.3 Å². The molecule has 1 amide bonds. The van der Waals surface area contributed by atoms with Crippen LogP contribution in [0.4, 0.5) is 0 Å². The van der Waals surface area contributed by atoms with Crippen molar-refractivity contribution in [3.8, 4) is 6.07 Å². The first-order chi connectivity index (χ1) is 11.0. The number of nitriles is 1. The summed E-state index contributed by atoms with van der Waals surface area (Å²) in [4.78, 5) is 26.0. The Morgan fingerprint density at radius 1 is 1.35 bits per heavy atom. The lowest BCUT2D eigenvalue weighted by molar-refractivity contribution is -0.153. The second-order valence-corrected chi connectivity index (χ2v) is 6.19. The molecule has 1 saturated heterocycles. The zero-order chi connectivity index (χ0) is 16.8. The van der Waals surface area contributed by atoms with Crippen LogP contribution in [0.2, 0.25) is 0 Å². The van der Waals surface area contributed by atoms with E-state index in [2.05, 4.69) is 6.07 Å². The molecule has 5 nitrogen and oxygen atoms in total. The van der Waals surface area contributed by atoms with Gasteiger partial charge in [0.05, 0.1) is 17.6 Å². The van der Waals surface area contributed by atoms with Crippen molar-refractivity contribution in [2.45, 2.75) is 33.3 Å². The minimum absolute atomic E-state index is 0.0524. The largest absolute Gasteiger partial charge is 0.461 e. The SMILES string of the molecule is CC(C)C(=O)N1CCCC(C(=O)OCc2ccc(C#N)cc2)C1. The van der Waals surface area contributed by atoms with E-state index in [0.29, 0.717) is 12.1 Å². The minimum Gasteiger partial charge on any atom is -0.461 e. The van der Waals surface area contributed by atoms with Gasteiger partial charge < -0.3 is 9.64 Å². The molecule has 0 aromatic heterocycles. The Morgan fingerprint density at radius 3 is 2.65 bits per heavy atom. The molecule has 122 valence electrons. The van der Waals surface area contributed by atoms with Crippen LogP contribution in [0.15, 0.2) is 24.3 Å². The number of hydrogen-bond donors (Lipinski definition) is 0. The minimum atomic E-state index is -0.254. The molecular formula is C18H22N2O3. The monoisotopic (exact) mass is 314 g/mol. The van der Waals surface area contributed by atoms with Gasteiger partial charge in [-0.3, -0.25) is 9.59 Å². The molecule has 1 unspecified atom stereocenters. The second-order valence-electron chi connectivity index (χ2n) is 6.19. The van der Waals surface area contributed by atoms with Crippen molar-refractivity contribution in [1.29, 1.82) is 5.26 Å². The molecule has 2 rings (SSSR count). The second kappa shape index (κ2) is 7.77. The smallest absolute Gasteiger partial charge is 0.311 e. The summed E-state index contributed by atoms with van der Waals surface area (Å²) in [5.41, 5.74) is 1.43. The van der Waals surface area contributed by atoms with E-state index in [4.69, 9.17) is 10.00 Å². The first-order valence-electron chi connectivity index (χ1n) is 7.95. The Kier molecular flexibility index (Phi) is 5.75. The number of esters is 1. The fourth-order valence-corrected chi connectivity index (χ4v) is 2.68. The Labute approximate surface area is 136 Å². The summed E-state index contributed by atoms with van der Waals surface area (Å²) in [5.74, 6) is -0.460. The Balaban J connectivity index is 1.87. The predicted molar refractivity (Wildman–Crippen MR) is 85.1 cm³/mol. The quantitative estimate of drug-likeness (QED) is 0.801. The fraction of sp³-hybridized carbons (Fsp3) is 0.500. The molecule has 5 heteroatoms. The normalized spacial score (nSPS) is 17.7. The standard InChI is InChI=1S/C18H22N2O3/c1-13(2)17(21)20-9-3-4-16(11-20)18(22)23-12-15-7-5-14(10-19)6-8-15/h5-8,13,16H,3-4,9,11-12H2,1-2H3. The third-order valence-corrected chi connectivity index (χ3v) is 4.02. The lowest BCUT2D eigenvalue weighted by Crippen LogP contribution is -2.44. The van der Waals surface area contributed by atoms with E-state index in [0.717, 1.165) is 24.9 Å². The number of carbonyl (C=O) groups excluding carboxylic acids is 2. The maximum Gasteiger partial charge on any atom is 0.311 e. The van der Waals surface area contributed by atoms with E-state index in [1.54, 1.807) is 29.2 Å². The molecule has 1 aromatic rings. The maximum absolute atomic E-state index is 12.2. The maximum atomic E-state index is 12.2. The third-order valence-electron chi connectivity index (χ3n) is 4.02. The van der Waals surface area contributed by atoms with Gasteiger partial charge in [0.2, 0.25) is 5.91 Å². The average molecular weight is 314 g/mol. The average Bonchev–Trinajstić information content (AvgIpc) is 2.59. The van der Waals surface area contributed by atoms with E-state index in [1.807, 2.05) is 13.8 Å². The van der Waals surface area contributed by atoms with E-state index in [1.165, 1.54) is 0 Å². The van der Waals surface area contributed by atoms with Gasteiger partial charge in [0, 0.05) is 19.0 Å². The van der Waals surface area contributed by atoms with Gasteiger partial charge in [-0.05, 0) is 30.5 Å². The third kappa shape index (κ3) is 4.56. The van der Waals surface area contributed by atoms with Crippen LogP contribution in [0.5, 0.6) is 0 Å². The van der Waals surface area contributed by atoms with E-state index < -0.39 is 0 Å². The molecule has 0 spiro atoms. The number of carbonyl (C=O) groups is 2. The van der Waals surface area contributed by atoms with Crippen LogP contribution in [0.1, 0.15) is 37.8 Å². The summed E-state index contributed by atoms with van der Waals surface area (Å²) in [6, 6.07) is 9.01. The number of benzene rings is 1. The summed E-state index contributed by atoms with van der Waals surface area (Å²) in [5, 5.41) is 8.76. The topological polar surface area (TPSA) is 70.4 Å². The highest BCUT2D eigenvalue weighted by molar-refractivity contribution is 5.80. The zero-order valence-corrected chi connectivity index (χ0v) is 13.6. The number of rotatable bonds is 4. The van der Waals surface area contributed by atoms with Gasteiger partial charge in [-0.1, -0.05) is 26.0 Å². The van der Waals surface area contributed by atoms with Gasteiger partial charge >= 0.3 is 5.97 Å². The molecule has 0 aliphatic carbocycles. The molecule has 1 aliphatic rings. The van der Waals surface area contributed by atoms with Gasteiger partial charge in [-0.2, -0.15) is 5.26 Å². The van der Waals surface area contributed by atoms with Crippen LogP contribution in [0.25, 0.3) is 0 Å². The van der Waals surface area contributed by atoms with Crippen LogP contribution >= 0.6 is 0 Å². The highest BCUT2D eigenvalue weighted by atomic mass is 16.5. The number of amides is 1. The summed E-state index contributed by atoms with van der Waals surface area (Å²) in [6.07, 6.45) is 1.59. The molecule has 0 saturated carbocycles. The van der Waals surface area contributed by atoms with Crippen molar-refractivity contribution in [3.63, 3.8) is 0 Å². The van der Waals surface area contributed by atoms with Gasteiger partial charge in [0.25, 0.3) is 0 Å². The Morgan fingerprint density at radius 2 is 2.04 bits per heavy atom. The molecule has 1 atom stereocenters. The van der Waals surface area contributed by atoms with Crippen molar-refractivity contribution in [3.05, 3.63) is 35.4 Å². The first-order valence-corrected chi connectivity index (χ1v) is 7.95. The molecule has 23 heavy (non-hydrogen) atoms. The van der Waals surface area contributed by atoms with Crippen molar-refractivity contribution in [2.75, 3.05) is 13.1 Å². The van der Waals surface area contributed by atoms with Crippen molar-refractivity contribution in [2.24, 2.45) is 11.8 Å². The highest BCUT2D eigenvalue weighted by Crippen LogP contribution is 2.20. The number of piperidine rings is 1. The molecule has 1 heterocycles. The molecule has 0 N–H and O–H groups in total. The first kappa shape index (κ1) is 17.0. The molecule has 0 radical (unpaired) electrons. The molecule has 0 bridgehead atoms. The lowest BCUT2D eigenvalue weighted by Gasteiger charge is -2.32. The van der Waals surface area contributed by atoms with Crippen LogP contribution in [-0.2, 0) is 20.9 Å². The summed E-state index contributed by atoms with van der Waals surface area (Å²) in [7, 11) is 0. The summed E-state index contributed by atoms with van der Waals surface area (Å²) in [6.45, 7) is 5.10. The Bertz CT molecular complexity index is 602. The number of nitrogens with zero attached hydrogens (tertiary/aromatic N) is 2. The zero-order valence-electron chi connectivity index (χ0n) is 13.6. The summed E-state index contributed by atoms with van der Waals surface area (Å²) >= 11 is 0. The fourth-order valence-electron chi connectivity index (χ4n) is 2.68.